The van der Waals surface area contributed by atoms with Gasteiger partial charge in [0.15, 0.2) is 0 Å². The van der Waals surface area contributed by atoms with E-state index in [0.29, 0.717) is 0 Å². The Morgan fingerprint density at radius 3 is 0.750 bits per heavy atom. The quantitative estimate of drug-likeness (QED) is 0.0887. The summed E-state index contributed by atoms with van der Waals surface area (Å²) in [6, 6.07) is 0. The summed E-state index contributed by atoms with van der Waals surface area (Å²) in [7, 11) is 0. The molecule has 25 heteroatoms. The summed E-state index contributed by atoms with van der Waals surface area (Å²) in [6.45, 7) is -8.26. The summed E-state index contributed by atoms with van der Waals surface area (Å²) in [5.74, 6) is -14.9. The molecule has 21 nitrogen and oxygen atoms in total. The van der Waals surface area contributed by atoms with E-state index in [9.17, 15) is 78.2 Å². The molecule has 0 saturated heterocycles. The van der Waals surface area contributed by atoms with Crippen molar-refractivity contribution in [3.05, 3.63) is 60.7 Å². The van der Waals surface area contributed by atoms with Crippen LogP contribution in [0.5, 0.6) is 0 Å². The SMILES string of the molecule is O=[N+]([O-])C(F)(COC(F)(OCC(F)([N+](=O)[O-])[N+](=O)[O-])OCC(F)([N+](=O)[O-])[N+](=O)[O-])[N+](=O)[O-]. The second-order valence-corrected chi connectivity index (χ2v) is 5.05. The molecule has 0 N–H and O–H groups in total. The van der Waals surface area contributed by atoms with Crippen LogP contribution in [0.2, 0.25) is 0 Å². The van der Waals surface area contributed by atoms with Crippen LogP contribution in [0, 0.1) is 60.7 Å². The van der Waals surface area contributed by atoms with Crippen LogP contribution in [0.25, 0.3) is 0 Å². The fourth-order valence-corrected chi connectivity index (χ4v) is 1.18. The van der Waals surface area contributed by atoms with Gasteiger partial charge in [-0.05, 0) is 0 Å². The van der Waals surface area contributed by atoms with Gasteiger partial charge < -0.3 is 0 Å². The second-order valence-electron chi connectivity index (χ2n) is 5.05. The van der Waals surface area contributed by atoms with E-state index >= 15 is 0 Å². The fraction of sp³-hybridized carbons (Fsp3) is 1.00. The maximum absolute atomic E-state index is 14.5. The number of hydrogen-bond acceptors (Lipinski definition) is 15. The van der Waals surface area contributed by atoms with Crippen molar-refractivity contribution in [1.82, 2.24) is 0 Å². The van der Waals surface area contributed by atoms with E-state index in [1.807, 2.05) is 0 Å². The Morgan fingerprint density at radius 1 is 0.469 bits per heavy atom. The Bertz CT molecular complexity index is 679. The van der Waals surface area contributed by atoms with Gasteiger partial charge in [-0.2, -0.15) is 4.39 Å². The largest absolute Gasteiger partial charge is 0.638 e. The van der Waals surface area contributed by atoms with E-state index in [1.165, 1.54) is 0 Å². The molecule has 0 aliphatic rings. The summed E-state index contributed by atoms with van der Waals surface area (Å²) < 4.78 is 65.7. The summed E-state index contributed by atoms with van der Waals surface area (Å²) in [4.78, 5) is 48.2. The molecule has 0 saturated carbocycles. The van der Waals surface area contributed by atoms with Crippen molar-refractivity contribution in [3.63, 3.8) is 0 Å². The van der Waals surface area contributed by atoms with Crippen LogP contribution in [0.15, 0.2) is 0 Å². The van der Waals surface area contributed by atoms with Crippen LogP contribution in [0.3, 0.4) is 0 Å². The lowest BCUT2D eigenvalue weighted by molar-refractivity contribution is -0.843. The normalized spacial score (nSPS) is 12.8. The van der Waals surface area contributed by atoms with Crippen molar-refractivity contribution in [2.45, 2.75) is 24.0 Å². The predicted octanol–water partition coefficient (Wildman–Crippen LogP) is -0.853. The van der Waals surface area contributed by atoms with E-state index in [1.54, 1.807) is 0 Å². The van der Waals surface area contributed by atoms with E-state index in [0.717, 1.165) is 0 Å². The molecule has 0 unspecified atom stereocenters. The lowest BCUT2D eigenvalue weighted by Gasteiger charge is -2.24. The smallest absolute Gasteiger partial charge is 0.280 e. The number of alkyl halides is 4. The highest BCUT2D eigenvalue weighted by molar-refractivity contribution is 4.58. The number of halogens is 4. The lowest BCUT2D eigenvalue weighted by Crippen LogP contribution is -2.54. The summed E-state index contributed by atoms with van der Waals surface area (Å²) >= 11 is 0. The van der Waals surface area contributed by atoms with Crippen molar-refractivity contribution < 1.29 is 61.3 Å². The molecule has 0 heterocycles. The fourth-order valence-electron chi connectivity index (χ4n) is 1.18. The Labute approximate surface area is 167 Å². The molecule has 0 aromatic rings. The second kappa shape index (κ2) is 9.43. The summed E-state index contributed by atoms with van der Waals surface area (Å²) in [5, 5.41) is 62.4. The molecule has 0 aliphatic carbocycles. The molecule has 0 aliphatic heterocycles. The Morgan fingerprint density at radius 2 is 0.625 bits per heavy atom. The first kappa shape index (κ1) is 28.0. The van der Waals surface area contributed by atoms with Crippen LogP contribution in [0.1, 0.15) is 0 Å². The third-order valence-electron chi connectivity index (χ3n) is 2.96. The van der Waals surface area contributed by atoms with Crippen molar-refractivity contribution >= 4 is 0 Å². The third-order valence-corrected chi connectivity index (χ3v) is 2.96. The average Bonchev–Trinajstić information content (AvgIpc) is 2.67. The molecule has 32 heavy (non-hydrogen) atoms. The maximum Gasteiger partial charge on any atom is 0.638 e. The summed E-state index contributed by atoms with van der Waals surface area (Å²) in [6.07, 6.45) is -5.12. The lowest BCUT2D eigenvalue weighted by atomic mass is 10.5. The first-order valence-corrected chi connectivity index (χ1v) is 6.83. The Kier molecular flexibility index (Phi) is 8.25. The van der Waals surface area contributed by atoms with Crippen molar-refractivity contribution in [3.8, 4) is 0 Å². The van der Waals surface area contributed by atoms with Crippen LogP contribution in [-0.2, 0) is 14.2 Å². The maximum atomic E-state index is 14.5. The molecule has 0 atom stereocenters. The Balaban J connectivity index is 6.00. The highest BCUT2D eigenvalue weighted by Crippen LogP contribution is 2.27. The molecule has 0 radical (unpaired) electrons. The van der Waals surface area contributed by atoms with Crippen molar-refractivity contribution in [2.24, 2.45) is 0 Å². The number of ether oxygens (including phenoxy) is 3. The van der Waals surface area contributed by atoms with Gasteiger partial charge in [0.2, 0.25) is 19.8 Å². The first-order chi connectivity index (χ1) is 14.3. The van der Waals surface area contributed by atoms with Gasteiger partial charge in [-0.15, -0.1) is 0 Å². The van der Waals surface area contributed by atoms with Gasteiger partial charge in [0, 0.05) is 0 Å². The van der Waals surface area contributed by atoms with Gasteiger partial charge in [-0.3, -0.25) is 74.9 Å². The zero-order chi connectivity index (χ0) is 25.7. The number of rotatable bonds is 15. The highest BCUT2D eigenvalue weighted by atomic mass is 19.2. The Hall–Kier alpha value is -4.00. The van der Waals surface area contributed by atoms with Gasteiger partial charge in [0.05, 0.1) is 0 Å². The topological polar surface area (TPSA) is 287 Å². The molecule has 0 spiro atoms. The third kappa shape index (κ3) is 5.78. The minimum atomic E-state index is -5.12. The van der Waals surface area contributed by atoms with Gasteiger partial charge in [-0.25, -0.2) is 0 Å². The van der Waals surface area contributed by atoms with E-state index in [4.69, 9.17) is 0 Å². The van der Waals surface area contributed by atoms with Crippen LogP contribution in [0.4, 0.5) is 17.6 Å². The molecular formula is C7H6F4N6O15. The highest BCUT2D eigenvalue weighted by Gasteiger charge is 2.65. The van der Waals surface area contributed by atoms with E-state index in [-0.39, 0.29) is 0 Å². The monoisotopic (exact) mass is 490 g/mol. The molecule has 0 fully saturated rings. The standard InChI is InChI=1S/C7H6F4N6O15/c8-4(12(18)19,13(20)21)1-30-7(11,31-2-5(9,14(22)23)15(24)25)32-3-6(10,16(26)27)17(28)29/h1-3H2. The minimum Gasteiger partial charge on any atom is -0.280 e. The molecule has 0 aromatic heterocycles. The van der Waals surface area contributed by atoms with E-state index < -0.39 is 73.3 Å². The molecule has 0 amide bonds. The number of nitrogens with zero attached hydrogens (tertiary/aromatic N) is 6. The minimum absolute atomic E-state index is 2.37. The zero-order valence-electron chi connectivity index (χ0n) is 14.4. The molecule has 182 valence electrons. The summed E-state index contributed by atoms with van der Waals surface area (Å²) in [5.41, 5.74) is 0. The van der Waals surface area contributed by atoms with Crippen LogP contribution in [-0.4, -0.2) is 73.3 Å². The average molecular weight is 490 g/mol. The van der Waals surface area contributed by atoms with Crippen molar-refractivity contribution in [1.29, 1.82) is 0 Å². The first-order valence-electron chi connectivity index (χ1n) is 6.83. The molecule has 0 aromatic carbocycles. The molecule has 0 bridgehead atoms. The number of hydrogen-bond donors (Lipinski definition) is 0. The zero-order valence-corrected chi connectivity index (χ0v) is 14.4. The van der Waals surface area contributed by atoms with Crippen LogP contribution >= 0.6 is 0 Å². The van der Waals surface area contributed by atoms with Crippen molar-refractivity contribution in [2.75, 3.05) is 19.8 Å². The predicted molar refractivity (Wildman–Crippen MR) is 75.2 cm³/mol. The van der Waals surface area contributed by atoms with Gasteiger partial charge in [0.1, 0.15) is 29.5 Å². The number of nitro groups is 6. The van der Waals surface area contributed by atoms with E-state index in [2.05, 4.69) is 14.2 Å². The van der Waals surface area contributed by atoms with Gasteiger partial charge in [0.25, 0.3) is 0 Å². The molecule has 0 rings (SSSR count). The van der Waals surface area contributed by atoms with Gasteiger partial charge in [-0.1, -0.05) is 13.2 Å². The van der Waals surface area contributed by atoms with Crippen LogP contribution < -0.4 is 0 Å². The molecular weight excluding hydrogens is 484 g/mol. The van der Waals surface area contributed by atoms with Gasteiger partial charge >= 0.3 is 24.0 Å².